The number of amides is 3. The zero-order valence-electron chi connectivity index (χ0n) is 11.6. The molecule has 0 radical (unpaired) electrons. The van der Waals surface area contributed by atoms with Crippen LogP contribution in [0.5, 0.6) is 0 Å². The summed E-state index contributed by atoms with van der Waals surface area (Å²) >= 11 is 0. The van der Waals surface area contributed by atoms with Crippen LogP contribution in [0.15, 0.2) is 12.1 Å². The van der Waals surface area contributed by atoms with E-state index in [1.165, 1.54) is 11.0 Å². The lowest BCUT2D eigenvalue weighted by Gasteiger charge is -2.29. The highest BCUT2D eigenvalue weighted by molar-refractivity contribution is 6.05. The van der Waals surface area contributed by atoms with Gasteiger partial charge in [0, 0.05) is 20.0 Å². The van der Waals surface area contributed by atoms with E-state index in [1.54, 1.807) is 6.07 Å². The summed E-state index contributed by atoms with van der Waals surface area (Å²) in [7, 11) is 0. The van der Waals surface area contributed by atoms with E-state index in [1.807, 2.05) is 6.92 Å². The fourth-order valence-electron chi connectivity index (χ4n) is 2.91. The van der Waals surface area contributed by atoms with Crippen LogP contribution in [-0.2, 0) is 22.6 Å². The molecule has 1 fully saturated rings. The molecule has 6 heteroatoms. The number of carbonyl (C=O) groups is 3. The number of imide groups is 1. The summed E-state index contributed by atoms with van der Waals surface area (Å²) in [4.78, 5) is 36.8. The van der Waals surface area contributed by atoms with Gasteiger partial charge in [0.25, 0.3) is 5.91 Å². The number of piperidine rings is 1. The molecule has 0 bridgehead atoms. The maximum Gasteiger partial charge on any atom is 0.255 e. The van der Waals surface area contributed by atoms with Gasteiger partial charge < -0.3 is 4.90 Å². The number of nitrogens with zero attached hydrogens (tertiary/aromatic N) is 1. The Kier molecular flexibility index (Phi) is 3.23. The van der Waals surface area contributed by atoms with Crippen molar-refractivity contribution in [3.05, 3.63) is 34.6 Å². The van der Waals surface area contributed by atoms with E-state index in [-0.39, 0.29) is 26.2 Å². The third-order valence-electron chi connectivity index (χ3n) is 4.07. The molecule has 1 aromatic carbocycles. The first-order valence-corrected chi connectivity index (χ1v) is 6.97. The molecule has 3 rings (SSSR count). The van der Waals surface area contributed by atoms with Crippen molar-refractivity contribution in [1.82, 2.24) is 10.2 Å². The van der Waals surface area contributed by atoms with Gasteiger partial charge in [0.1, 0.15) is 11.9 Å². The summed E-state index contributed by atoms with van der Waals surface area (Å²) in [6, 6.07) is 2.28. The van der Waals surface area contributed by atoms with Crippen molar-refractivity contribution in [2.24, 2.45) is 0 Å². The second-order valence-electron chi connectivity index (χ2n) is 5.35. The largest absolute Gasteiger partial charge is 0.322 e. The summed E-state index contributed by atoms with van der Waals surface area (Å²) in [5, 5.41) is 2.24. The highest BCUT2D eigenvalue weighted by atomic mass is 19.1. The van der Waals surface area contributed by atoms with Crippen molar-refractivity contribution < 1.29 is 20.2 Å². The second-order valence-corrected chi connectivity index (χ2v) is 5.35. The van der Waals surface area contributed by atoms with Crippen LogP contribution in [0.2, 0.25) is 0 Å². The average molecular weight is 292 g/mol. The van der Waals surface area contributed by atoms with Crippen molar-refractivity contribution in [3.63, 3.8) is 0 Å². The first kappa shape index (κ1) is 13.7. The average Bonchev–Trinajstić information content (AvgIpc) is 2.75. The number of fused-ring (bicyclic) bond motifs is 1. The van der Waals surface area contributed by atoms with Crippen molar-refractivity contribution in [2.75, 3.05) is 0 Å². The maximum absolute atomic E-state index is 13.8. The van der Waals surface area contributed by atoms with Crippen molar-refractivity contribution in [2.45, 2.75) is 38.8 Å². The normalized spacial score (nSPS) is 21.5. The molecule has 2 heterocycles. The molecule has 0 aliphatic carbocycles. The Morgan fingerprint density at radius 3 is 2.81 bits per heavy atom. The molecular weight excluding hydrogens is 275 g/mol. The summed E-state index contributed by atoms with van der Waals surface area (Å²) < 4.78 is 13.8. The molecule has 0 aromatic heterocycles. The van der Waals surface area contributed by atoms with Crippen molar-refractivity contribution in [1.29, 1.82) is 0 Å². The monoisotopic (exact) mass is 292 g/mol. The molecule has 1 saturated heterocycles. The van der Waals surface area contributed by atoms with Gasteiger partial charge in [-0.2, -0.15) is 0 Å². The summed E-state index contributed by atoms with van der Waals surface area (Å²) in [6.07, 6.45) is 1.07. The molecule has 5 nitrogen and oxygen atoms in total. The molecule has 0 spiro atoms. The summed E-state index contributed by atoms with van der Waals surface area (Å²) in [5.41, 5.74) is 1.61. The molecule has 1 atom stereocenters. The standard InChI is InChI=1S/C15H15FN2O3.H2/c1-2-8-5-9-7-18(15(21)10(9)6-11(8)16)12-3-4-13(19)17-14(12)20;/h5-6,12H,2-4,7H2,1H3,(H,17,19,20);1H. The van der Waals surface area contributed by atoms with Crippen LogP contribution in [0.1, 0.15) is 42.7 Å². The molecule has 1 aromatic rings. The smallest absolute Gasteiger partial charge is 0.255 e. The molecule has 1 N–H and O–H groups in total. The predicted molar refractivity (Wildman–Crippen MR) is 73.9 cm³/mol. The fraction of sp³-hybridized carbons (Fsp3) is 0.400. The number of rotatable bonds is 2. The Morgan fingerprint density at radius 2 is 2.14 bits per heavy atom. The van der Waals surface area contributed by atoms with Crippen LogP contribution in [0.25, 0.3) is 0 Å². The van der Waals surface area contributed by atoms with Gasteiger partial charge in [-0.05, 0) is 30.0 Å². The van der Waals surface area contributed by atoms with Crippen LogP contribution >= 0.6 is 0 Å². The minimum Gasteiger partial charge on any atom is -0.322 e. The zero-order valence-corrected chi connectivity index (χ0v) is 11.6. The number of hydrogen-bond donors (Lipinski definition) is 1. The fourth-order valence-corrected chi connectivity index (χ4v) is 2.91. The van der Waals surface area contributed by atoms with E-state index < -0.39 is 17.8 Å². The molecule has 2 aliphatic rings. The van der Waals surface area contributed by atoms with Crippen molar-refractivity contribution >= 4 is 17.7 Å². The lowest BCUT2D eigenvalue weighted by atomic mass is 10.0. The van der Waals surface area contributed by atoms with E-state index >= 15 is 0 Å². The van der Waals surface area contributed by atoms with Gasteiger partial charge in [0.2, 0.25) is 11.8 Å². The van der Waals surface area contributed by atoms with Gasteiger partial charge >= 0.3 is 0 Å². The maximum atomic E-state index is 13.8. The highest BCUT2D eigenvalue weighted by Crippen LogP contribution is 2.29. The van der Waals surface area contributed by atoms with E-state index in [9.17, 15) is 18.8 Å². The molecule has 21 heavy (non-hydrogen) atoms. The van der Waals surface area contributed by atoms with E-state index in [2.05, 4.69) is 5.32 Å². The first-order valence-electron chi connectivity index (χ1n) is 6.97. The summed E-state index contributed by atoms with van der Waals surface area (Å²) in [5.74, 6) is -1.51. The second kappa shape index (κ2) is 4.95. The van der Waals surface area contributed by atoms with Crippen LogP contribution in [-0.4, -0.2) is 28.7 Å². The van der Waals surface area contributed by atoms with Crippen LogP contribution in [0.4, 0.5) is 4.39 Å². The Bertz CT molecular complexity index is 662. The number of nitrogens with one attached hydrogen (secondary N) is 1. The molecule has 0 saturated carbocycles. The van der Waals surface area contributed by atoms with E-state index in [4.69, 9.17) is 0 Å². The van der Waals surface area contributed by atoms with Gasteiger partial charge in [0.15, 0.2) is 0 Å². The first-order chi connectivity index (χ1) is 10.0. The van der Waals surface area contributed by atoms with Crippen LogP contribution < -0.4 is 5.32 Å². The third kappa shape index (κ3) is 2.20. The molecular formula is C15H17FN2O3. The van der Waals surface area contributed by atoms with Crippen LogP contribution in [0, 0.1) is 5.82 Å². The van der Waals surface area contributed by atoms with E-state index in [0.29, 0.717) is 24.0 Å². The minimum absolute atomic E-state index is 0. The number of hydrogen-bond acceptors (Lipinski definition) is 3. The number of halogens is 1. The Hall–Kier alpha value is -2.24. The quantitative estimate of drug-likeness (QED) is 0.838. The van der Waals surface area contributed by atoms with Gasteiger partial charge in [-0.15, -0.1) is 0 Å². The Labute approximate surface area is 122 Å². The lowest BCUT2D eigenvalue weighted by molar-refractivity contribution is -0.136. The molecule has 3 amide bonds. The predicted octanol–water partition coefficient (Wildman–Crippen LogP) is 1.40. The Morgan fingerprint density at radius 1 is 1.38 bits per heavy atom. The summed E-state index contributed by atoms with van der Waals surface area (Å²) in [6.45, 7) is 2.13. The highest BCUT2D eigenvalue weighted by Gasteiger charge is 2.39. The number of carbonyl (C=O) groups excluding carboxylic acids is 3. The van der Waals surface area contributed by atoms with Gasteiger partial charge in [-0.3, -0.25) is 19.7 Å². The number of aryl methyl sites for hydroxylation is 1. The molecule has 1 unspecified atom stereocenters. The zero-order chi connectivity index (χ0) is 15.1. The van der Waals surface area contributed by atoms with Crippen molar-refractivity contribution in [3.8, 4) is 0 Å². The minimum atomic E-state index is -0.657. The van der Waals surface area contributed by atoms with Gasteiger partial charge in [-0.25, -0.2) is 4.39 Å². The topological polar surface area (TPSA) is 66.5 Å². The third-order valence-corrected chi connectivity index (χ3v) is 4.07. The van der Waals surface area contributed by atoms with Gasteiger partial charge in [0.05, 0.1) is 0 Å². The van der Waals surface area contributed by atoms with Crippen LogP contribution in [0.3, 0.4) is 0 Å². The van der Waals surface area contributed by atoms with E-state index in [0.717, 1.165) is 5.56 Å². The van der Waals surface area contributed by atoms with Gasteiger partial charge in [-0.1, -0.05) is 13.0 Å². The molecule has 112 valence electrons. The Balaban J connectivity index is 0.00000176. The molecule has 2 aliphatic heterocycles. The SMILES string of the molecule is CCc1cc2c(cc1F)C(=O)N(C1CCC(=O)NC1=O)C2.[HH]. The number of benzene rings is 1. The lowest BCUT2D eigenvalue weighted by Crippen LogP contribution is -2.52.